The number of nitrogens with zero attached hydrogens (tertiary/aromatic N) is 3. The second-order valence-electron chi connectivity index (χ2n) is 5.71. The third-order valence-corrected chi connectivity index (χ3v) is 4.04. The van der Waals surface area contributed by atoms with Crippen LogP contribution in [0.3, 0.4) is 0 Å². The summed E-state index contributed by atoms with van der Waals surface area (Å²) in [4.78, 5) is 31.0. The predicted octanol–water partition coefficient (Wildman–Crippen LogP) is 2.29. The maximum Gasteiger partial charge on any atom is 0.337 e. The van der Waals surface area contributed by atoms with Gasteiger partial charge in [-0.3, -0.25) is 10.1 Å². The Hall–Kier alpha value is -3.29. The van der Waals surface area contributed by atoms with Gasteiger partial charge in [0.05, 0.1) is 27.9 Å². The van der Waals surface area contributed by atoms with Crippen LogP contribution in [-0.4, -0.2) is 42.3 Å². The van der Waals surface area contributed by atoms with Crippen LogP contribution in [-0.2, 0) is 0 Å². The molecule has 0 radical (unpaired) electrons. The van der Waals surface area contributed by atoms with Crippen molar-refractivity contribution in [1.29, 1.82) is 0 Å². The molecule has 3 aromatic rings. The predicted molar refractivity (Wildman–Crippen MR) is 83.0 cm³/mol. The second kappa shape index (κ2) is 5.12. The van der Waals surface area contributed by atoms with Gasteiger partial charge in [0.25, 0.3) is 0 Å². The van der Waals surface area contributed by atoms with Gasteiger partial charge in [0.2, 0.25) is 0 Å². The Bertz CT molecular complexity index is 974. The van der Waals surface area contributed by atoms with Crippen molar-refractivity contribution < 1.29 is 19.8 Å². The number of carboxylic acids is 2. The van der Waals surface area contributed by atoms with Gasteiger partial charge in [0.1, 0.15) is 0 Å². The van der Waals surface area contributed by atoms with Crippen LogP contribution in [0.4, 0.5) is 0 Å². The summed E-state index contributed by atoms with van der Waals surface area (Å²) in [5, 5.41) is 26.0. The standard InChI is InChI=1S/C16H12N4O4/c21-15(22)8-3-4-10(17-6-8)11-5-9(16(23)24)12-13(7-1-2-7)19-20-14(12)18-11/h3-7H,1-2H2,(H,21,22)(H,23,24)(H,18,19,20). The number of hydrogen-bond acceptors (Lipinski definition) is 5. The topological polar surface area (TPSA) is 129 Å². The van der Waals surface area contributed by atoms with Crippen LogP contribution in [0.5, 0.6) is 0 Å². The highest BCUT2D eigenvalue weighted by molar-refractivity contribution is 6.04. The van der Waals surface area contributed by atoms with Gasteiger partial charge in [0, 0.05) is 17.8 Å². The summed E-state index contributed by atoms with van der Waals surface area (Å²) in [5.74, 6) is -1.83. The highest BCUT2D eigenvalue weighted by atomic mass is 16.4. The van der Waals surface area contributed by atoms with Crippen molar-refractivity contribution in [2.24, 2.45) is 0 Å². The molecule has 0 aliphatic heterocycles. The van der Waals surface area contributed by atoms with E-state index in [9.17, 15) is 14.7 Å². The van der Waals surface area contributed by atoms with Crippen LogP contribution in [0.25, 0.3) is 22.4 Å². The molecule has 1 aliphatic carbocycles. The van der Waals surface area contributed by atoms with E-state index in [1.165, 1.54) is 24.4 Å². The van der Waals surface area contributed by atoms with Crippen LogP contribution >= 0.6 is 0 Å². The minimum Gasteiger partial charge on any atom is -0.478 e. The number of carbonyl (C=O) groups is 2. The first kappa shape index (κ1) is 14.3. The van der Waals surface area contributed by atoms with E-state index < -0.39 is 11.9 Å². The smallest absolute Gasteiger partial charge is 0.337 e. The second-order valence-corrected chi connectivity index (χ2v) is 5.71. The SMILES string of the molecule is O=C(O)c1ccc(-c2cc(C(=O)O)c3c(C4CC4)[nH]nc3n2)nc1. The maximum absolute atomic E-state index is 11.7. The molecule has 1 saturated carbocycles. The Morgan fingerprint density at radius 1 is 1.12 bits per heavy atom. The van der Waals surface area contributed by atoms with Gasteiger partial charge in [-0.1, -0.05) is 0 Å². The minimum absolute atomic E-state index is 0.0501. The number of fused-ring (bicyclic) bond motifs is 1. The molecule has 1 fully saturated rings. The lowest BCUT2D eigenvalue weighted by Gasteiger charge is -2.05. The number of aromatic carboxylic acids is 2. The lowest BCUT2D eigenvalue weighted by molar-refractivity contribution is 0.0687. The Morgan fingerprint density at radius 3 is 2.50 bits per heavy atom. The molecule has 120 valence electrons. The quantitative estimate of drug-likeness (QED) is 0.671. The molecule has 8 nitrogen and oxygen atoms in total. The van der Waals surface area contributed by atoms with E-state index in [2.05, 4.69) is 20.2 Å². The number of carboxylic acid groups (broad SMARTS) is 2. The zero-order chi connectivity index (χ0) is 16.8. The first-order chi connectivity index (χ1) is 11.5. The Morgan fingerprint density at radius 2 is 1.92 bits per heavy atom. The van der Waals surface area contributed by atoms with E-state index in [0.29, 0.717) is 28.3 Å². The van der Waals surface area contributed by atoms with Crippen LogP contribution in [0.2, 0.25) is 0 Å². The summed E-state index contributed by atoms with van der Waals surface area (Å²) in [6.07, 6.45) is 3.23. The summed E-state index contributed by atoms with van der Waals surface area (Å²) in [6.45, 7) is 0. The normalized spacial score (nSPS) is 14.0. The lowest BCUT2D eigenvalue weighted by atomic mass is 10.1. The zero-order valence-electron chi connectivity index (χ0n) is 12.4. The van der Waals surface area contributed by atoms with E-state index in [-0.39, 0.29) is 11.1 Å². The van der Waals surface area contributed by atoms with Crippen LogP contribution < -0.4 is 0 Å². The molecule has 24 heavy (non-hydrogen) atoms. The number of rotatable bonds is 4. The molecule has 3 heterocycles. The number of aromatic nitrogens is 4. The van der Waals surface area contributed by atoms with Gasteiger partial charge in [0.15, 0.2) is 5.65 Å². The number of aromatic amines is 1. The molecule has 0 unspecified atom stereocenters. The fraction of sp³-hybridized carbons (Fsp3) is 0.188. The van der Waals surface area contributed by atoms with Gasteiger partial charge in [-0.05, 0) is 31.0 Å². The van der Waals surface area contributed by atoms with E-state index in [1.807, 2.05) is 0 Å². The highest BCUT2D eigenvalue weighted by Crippen LogP contribution is 2.42. The van der Waals surface area contributed by atoms with Crippen molar-refractivity contribution in [1.82, 2.24) is 20.2 Å². The Balaban J connectivity index is 1.87. The number of nitrogens with one attached hydrogen (secondary N) is 1. The van der Waals surface area contributed by atoms with E-state index in [1.54, 1.807) is 0 Å². The summed E-state index contributed by atoms with van der Waals surface area (Å²) < 4.78 is 0. The van der Waals surface area contributed by atoms with Crippen molar-refractivity contribution in [3.05, 3.63) is 41.2 Å². The van der Waals surface area contributed by atoms with Crippen molar-refractivity contribution in [3.8, 4) is 11.4 Å². The van der Waals surface area contributed by atoms with Crippen LogP contribution in [0, 0.1) is 0 Å². The van der Waals surface area contributed by atoms with Crippen molar-refractivity contribution in [3.63, 3.8) is 0 Å². The molecular weight excluding hydrogens is 312 g/mol. The molecular formula is C16H12N4O4. The minimum atomic E-state index is -1.08. The first-order valence-corrected chi connectivity index (χ1v) is 7.36. The monoisotopic (exact) mass is 324 g/mol. The van der Waals surface area contributed by atoms with Gasteiger partial charge in [-0.2, -0.15) is 5.10 Å². The Labute approximate surface area is 135 Å². The van der Waals surface area contributed by atoms with Crippen molar-refractivity contribution in [2.75, 3.05) is 0 Å². The highest BCUT2D eigenvalue weighted by Gasteiger charge is 2.30. The molecule has 0 spiro atoms. The van der Waals surface area contributed by atoms with Crippen LogP contribution in [0.1, 0.15) is 45.2 Å². The van der Waals surface area contributed by atoms with E-state index in [4.69, 9.17) is 5.11 Å². The largest absolute Gasteiger partial charge is 0.478 e. The number of hydrogen-bond donors (Lipinski definition) is 3. The summed E-state index contributed by atoms with van der Waals surface area (Å²) in [7, 11) is 0. The molecule has 0 bridgehead atoms. The van der Waals surface area contributed by atoms with Gasteiger partial charge < -0.3 is 10.2 Å². The third-order valence-electron chi connectivity index (χ3n) is 4.04. The molecule has 0 aromatic carbocycles. The number of pyridine rings is 2. The number of H-pyrrole nitrogens is 1. The molecule has 0 saturated heterocycles. The van der Waals surface area contributed by atoms with Crippen molar-refractivity contribution >= 4 is 23.0 Å². The summed E-state index contributed by atoms with van der Waals surface area (Å²) >= 11 is 0. The average molecular weight is 324 g/mol. The fourth-order valence-electron chi connectivity index (χ4n) is 2.69. The molecule has 8 heteroatoms. The first-order valence-electron chi connectivity index (χ1n) is 7.36. The molecule has 3 aromatic heterocycles. The van der Waals surface area contributed by atoms with Gasteiger partial charge in [-0.25, -0.2) is 14.6 Å². The molecule has 1 aliphatic rings. The maximum atomic E-state index is 11.7. The third kappa shape index (κ3) is 2.28. The van der Waals surface area contributed by atoms with Gasteiger partial charge in [-0.15, -0.1) is 0 Å². The van der Waals surface area contributed by atoms with Crippen molar-refractivity contribution in [2.45, 2.75) is 18.8 Å². The molecule has 4 rings (SSSR count). The average Bonchev–Trinajstić information content (AvgIpc) is 3.33. The van der Waals surface area contributed by atoms with E-state index >= 15 is 0 Å². The summed E-state index contributed by atoms with van der Waals surface area (Å²) in [6, 6.07) is 4.35. The van der Waals surface area contributed by atoms with Gasteiger partial charge >= 0.3 is 11.9 Å². The van der Waals surface area contributed by atoms with Crippen LogP contribution in [0.15, 0.2) is 24.4 Å². The Kier molecular flexibility index (Phi) is 3.05. The van der Waals surface area contributed by atoms with E-state index in [0.717, 1.165) is 18.5 Å². The lowest BCUT2D eigenvalue weighted by Crippen LogP contribution is -2.02. The summed E-state index contributed by atoms with van der Waals surface area (Å²) in [5.41, 5.74) is 2.04. The zero-order valence-corrected chi connectivity index (χ0v) is 12.4. The molecule has 0 amide bonds. The fourth-order valence-corrected chi connectivity index (χ4v) is 2.69. The molecule has 0 atom stereocenters. The molecule has 3 N–H and O–H groups in total.